The van der Waals surface area contributed by atoms with Crippen molar-refractivity contribution in [1.82, 2.24) is 10.3 Å². The summed E-state index contributed by atoms with van der Waals surface area (Å²) in [7, 11) is 0. The number of amides is 1. The normalized spacial score (nSPS) is 25.3. The molecular formula is C11H13ClN2O. The van der Waals surface area contributed by atoms with E-state index in [0.717, 1.165) is 24.9 Å². The molecule has 1 aliphatic heterocycles. The minimum atomic E-state index is -0.282. The SMILES string of the molecule is C[C@@]1(Cc2ccc(Cl)nc2)CCNC1=O. The Morgan fingerprint density at radius 1 is 1.60 bits per heavy atom. The van der Waals surface area contributed by atoms with E-state index in [2.05, 4.69) is 10.3 Å². The fourth-order valence-corrected chi connectivity index (χ4v) is 2.02. The molecule has 4 heteroatoms. The molecule has 1 saturated heterocycles. The summed E-state index contributed by atoms with van der Waals surface area (Å²) >= 11 is 5.70. The zero-order valence-corrected chi connectivity index (χ0v) is 9.34. The molecule has 1 aromatic heterocycles. The average Bonchev–Trinajstić information content (AvgIpc) is 2.51. The molecule has 1 fully saturated rings. The minimum Gasteiger partial charge on any atom is -0.356 e. The molecule has 0 spiro atoms. The van der Waals surface area contributed by atoms with Crippen LogP contribution >= 0.6 is 11.6 Å². The van der Waals surface area contributed by atoms with Gasteiger partial charge in [-0.05, 0) is 24.5 Å². The Kier molecular flexibility index (Phi) is 2.65. The number of rotatable bonds is 2. The molecule has 80 valence electrons. The lowest BCUT2D eigenvalue weighted by Crippen LogP contribution is -2.30. The van der Waals surface area contributed by atoms with Crippen LogP contribution in [0.25, 0.3) is 0 Å². The summed E-state index contributed by atoms with van der Waals surface area (Å²) in [5.74, 6) is 0.137. The molecule has 0 saturated carbocycles. The van der Waals surface area contributed by atoms with Gasteiger partial charge >= 0.3 is 0 Å². The Morgan fingerprint density at radius 2 is 2.40 bits per heavy atom. The van der Waals surface area contributed by atoms with E-state index in [0.29, 0.717) is 5.15 Å². The van der Waals surface area contributed by atoms with E-state index in [1.807, 2.05) is 13.0 Å². The number of nitrogens with one attached hydrogen (secondary N) is 1. The Bertz CT molecular complexity index is 377. The molecular weight excluding hydrogens is 212 g/mol. The Morgan fingerprint density at radius 3 is 2.93 bits per heavy atom. The van der Waals surface area contributed by atoms with Crippen LogP contribution in [0, 0.1) is 5.41 Å². The molecule has 2 heterocycles. The van der Waals surface area contributed by atoms with Crippen LogP contribution in [-0.2, 0) is 11.2 Å². The summed E-state index contributed by atoms with van der Waals surface area (Å²) < 4.78 is 0. The number of carbonyl (C=O) groups is 1. The number of pyridine rings is 1. The molecule has 0 unspecified atom stereocenters. The van der Waals surface area contributed by atoms with Crippen molar-refractivity contribution in [2.24, 2.45) is 5.41 Å². The Balaban J connectivity index is 2.14. The highest BCUT2D eigenvalue weighted by Gasteiger charge is 2.37. The molecule has 1 amide bonds. The highest BCUT2D eigenvalue weighted by Crippen LogP contribution is 2.30. The Hall–Kier alpha value is -1.09. The van der Waals surface area contributed by atoms with E-state index in [4.69, 9.17) is 11.6 Å². The Labute approximate surface area is 93.8 Å². The van der Waals surface area contributed by atoms with Crippen molar-refractivity contribution in [1.29, 1.82) is 0 Å². The maximum atomic E-state index is 11.6. The van der Waals surface area contributed by atoms with Crippen LogP contribution in [0.5, 0.6) is 0 Å². The number of hydrogen-bond acceptors (Lipinski definition) is 2. The van der Waals surface area contributed by atoms with Gasteiger partial charge in [0.2, 0.25) is 5.91 Å². The molecule has 1 N–H and O–H groups in total. The third-order valence-corrected chi connectivity index (χ3v) is 3.12. The topological polar surface area (TPSA) is 42.0 Å². The standard InChI is InChI=1S/C11H13ClN2O/c1-11(4-5-13-10(11)15)6-8-2-3-9(12)14-7-8/h2-3,7H,4-6H2,1H3,(H,13,15)/t11-/m0/s1. The van der Waals surface area contributed by atoms with Crippen molar-refractivity contribution in [2.75, 3.05) is 6.54 Å². The lowest BCUT2D eigenvalue weighted by atomic mass is 9.83. The number of aromatic nitrogens is 1. The molecule has 0 bridgehead atoms. The summed E-state index contributed by atoms with van der Waals surface area (Å²) in [6, 6.07) is 3.68. The predicted octanol–water partition coefficient (Wildman–Crippen LogP) is 1.80. The van der Waals surface area contributed by atoms with Crippen LogP contribution in [0.15, 0.2) is 18.3 Å². The second kappa shape index (κ2) is 3.81. The van der Waals surface area contributed by atoms with E-state index in [9.17, 15) is 4.79 Å². The van der Waals surface area contributed by atoms with Crippen molar-refractivity contribution in [2.45, 2.75) is 19.8 Å². The fourth-order valence-electron chi connectivity index (χ4n) is 1.91. The van der Waals surface area contributed by atoms with E-state index < -0.39 is 0 Å². The fraction of sp³-hybridized carbons (Fsp3) is 0.455. The average molecular weight is 225 g/mol. The third kappa shape index (κ3) is 2.12. The summed E-state index contributed by atoms with van der Waals surface area (Å²) in [4.78, 5) is 15.6. The number of carbonyl (C=O) groups excluding carboxylic acids is 1. The first-order chi connectivity index (χ1) is 7.10. The van der Waals surface area contributed by atoms with E-state index in [-0.39, 0.29) is 11.3 Å². The smallest absolute Gasteiger partial charge is 0.226 e. The predicted molar refractivity (Wildman–Crippen MR) is 58.7 cm³/mol. The maximum Gasteiger partial charge on any atom is 0.226 e. The van der Waals surface area contributed by atoms with E-state index in [1.54, 1.807) is 12.3 Å². The van der Waals surface area contributed by atoms with Gasteiger partial charge in [0.25, 0.3) is 0 Å². The van der Waals surface area contributed by atoms with Crippen LogP contribution in [0.2, 0.25) is 5.15 Å². The molecule has 0 aliphatic carbocycles. The zero-order chi connectivity index (χ0) is 10.9. The number of hydrogen-bond donors (Lipinski definition) is 1. The highest BCUT2D eigenvalue weighted by atomic mass is 35.5. The van der Waals surface area contributed by atoms with E-state index in [1.165, 1.54) is 0 Å². The molecule has 1 atom stereocenters. The lowest BCUT2D eigenvalue weighted by molar-refractivity contribution is -0.126. The van der Waals surface area contributed by atoms with Crippen LogP contribution in [0.1, 0.15) is 18.9 Å². The van der Waals surface area contributed by atoms with Gasteiger partial charge in [-0.15, -0.1) is 0 Å². The van der Waals surface area contributed by atoms with Gasteiger partial charge in [-0.1, -0.05) is 24.6 Å². The van der Waals surface area contributed by atoms with Crippen LogP contribution in [-0.4, -0.2) is 17.4 Å². The zero-order valence-electron chi connectivity index (χ0n) is 8.59. The van der Waals surface area contributed by atoms with Gasteiger partial charge in [-0.2, -0.15) is 0 Å². The first-order valence-electron chi connectivity index (χ1n) is 4.99. The van der Waals surface area contributed by atoms with Crippen LogP contribution in [0.3, 0.4) is 0 Å². The van der Waals surface area contributed by atoms with Crippen LogP contribution in [0.4, 0.5) is 0 Å². The van der Waals surface area contributed by atoms with Gasteiger partial charge in [-0.3, -0.25) is 4.79 Å². The summed E-state index contributed by atoms with van der Waals surface area (Å²) in [5, 5.41) is 3.34. The second-order valence-electron chi connectivity index (χ2n) is 4.23. The number of nitrogens with zero attached hydrogens (tertiary/aromatic N) is 1. The van der Waals surface area contributed by atoms with Gasteiger partial charge in [0.1, 0.15) is 5.15 Å². The van der Waals surface area contributed by atoms with Crippen molar-refractivity contribution < 1.29 is 4.79 Å². The van der Waals surface area contributed by atoms with Gasteiger partial charge in [0.15, 0.2) is 0 Å². The summed E-state index contributed by atoms with van der Waals surface area (Å²) in [6.45, 7) is 2.76. The first kappa shape index (κ1) is 10.4. The molecule has 3 nitrogen and oxygen atoms in total. The van der Waals surface area contributed by atoms with Crippen molar-refractivity contribution in [3.8, 4) is 0 Å². The molecule has 1 aliphatic rings. The van der Waals surface area contributed by atoms with Crippen LogP contribution < -0.4 is 5.32 Å². The van der Waals surface area contributed by atoms with Crippen molar-refractivity contribution in [3.63, 3.8) is 0 Å². The quantitative estimate of drug-likeness (QED) is 0.779. The third-order valence-electron chi connectivity index (χ3n) is 2.89. The van der Waals surface area contributed by atoms with E-state index >= 15 is 0 Å². The lowest BCUT2D eigenvalue weighted by Gasteiger charge is -2.19. The van der Waals surface area contributed by atoms with Gasteiger partial charge < -0.3 is 5.32 Å². The molecule has 2 rings (SSSR count). The van der Waals surface area contributed by atoms with Gasteiger partial charge in [0.05, 0.1) is 5.41 Å². The first-order valence-corrected chi connectivity index (χ1v) is 5.37. The summed E-state index contributed by atoms with van der Waals surface area (Å²) in [6.07, 6.45) is 3.34. The largest absolute Gasteiger partial charge is 0.356 e. The monoisotopic (exact) mass is 224 g/mol. The highest BCUT2D eigenvalue weighted by molar-refractivity contribution is 6.29. The summed E-state index contributed by atoms with van der Waals surface area (Å²) in [5.41, 5.74) is 0.772. The minimum absolute atomic E-state index is 0.137. The van der Waals surface area contributed by atoms with Crippen molar-refractivity contribution in [3.05, 3.63) is 29.0 Å². The maximum absolute atomic E-state index is 11.6. The van der Waals surface area contributed by atoms with Gasteiger partial charge in [-0.25, -0.2) is 4.98 Å². The number of halogens is 1. The molecule has 1 aromatic rings. The molecule has 15 heavy (non-hydrogen) atoms. The molecule has 0 radical (unpaired) electrons. The van der Waals surface area contributed by atoms with Crippen molar-refractivity contribution >= 4 is 17.5 Å². The molecule has 0 aromatic carbocycles. The van der Waals surface area contributed by atoms with Gasteiger partial charge in [0, 0.05) is 12.7 Å². The second-order valence-corrected chi connectivity index (χ2v) is 4.62.